The van der Waals surface area contributed by atoms with Gasteiger partial charge >= 0.3 is 0 Å². The number of sulfonamides is 1. The number of ether oxygens (including phenoxy) is 1. The maximum atomic E-state index is 12.5. The van der Waals surface area contributed by atoms with Crippen LogP contribution in [-0.2, 0) is 16.6 Å². The number of hydrogen-bond acceptors (Lipinski definition) is 7. The molecular weight excluding hydrogens is 384 g/mol. The van der Waals surface area contributed by atoms with Crippen molar-refractivity contribution in [2.45, 2.75) is 11.4 Å². The van der Waals surface area contributed by atoms with Crippen LogP contribution in [-0.4, -0.2) is 30.4 Å². The lowest BCUT2D eigenvalue weighted by Gasteiger charge is -2.08. The van der Waals surface area contributed by atoms with E-state index in [2.05, 4.69) is 14.7 Å². The van der Waals surface area contributed by atoms with Gasteiger partial charge in [0.15, 0.2) is 4.90 Å². The van der Waals surface area contributed by atoms with Gasteiger partial charge in [0.05, 0.1) is 30.0 Å². The van der Waals surface area contributed by atoms with Gasteiger partial charge in [-0.1, -0.05) is 12.1 Å². The Morgan fingerprint density at radius 1 is 1.11 bits per heavy atom. The summed E-state index contributed by atoms with van der Waals surface area (Å²) >= 11 is 0. The summed E-state index contributed by atoms with van der Waals surface area (Å²) in [5.74, 6) is 0.704. The SMILES string of the molecule is COc1ccc(-c2cc(CNS(=O)(=O)c3ccccc3[N+](=O)[O-])ncn2)cc1. The molecule has 144 valence electrons. The van der Waals surface area contributed by atoms with Crippen molar-refractivity contribution >= 4 is 15.7 Å². The molecule has 0 aliphatic heterocycles. The van der Waals surface area contributed by atoms with Crippen molar-refractivity contribution in [3.63, 3.8) is 0 Å². The Morgan fingerprint density at radius 3 is 2.50 bits per heavy atom. The van der Waals surface area contributed by atoms with Crippen molar-refractivity contribution in [3.8, 4) is 17.0 Å². The van der Waals surface area contributed by atoms with Crippen LogP contribution < -0.4 is 9.46 Å². The number of aromatic nitrogens is 2. The Balaban J connectivity index is 1.80. The zero-order valence-corrected chi connectivity index (χ0v) is 15.6. The number of nitrogens with one attached hydrogen (secondary N) is 1. The Hall–Kier alpha value is -3.37. The number of benzene rings is 2. The van der Waals surface area contributed by atoms with Crippen LogP contribution >= 0.6 is 0 Å². The summed E-state index contributed by atoms with van der Waals surface area (Å²) in [5, 5.41) is 11.1. The fourth-order valence-corrected chi connectivity index (χ4v) is 3.66. The fourth-order valence-electron chi connectivity index (χ4n) is 2.50. The Morgan fingerprint density at radius 2 is 1.82 bits per heavy atom. The molecule has 0 atom stereocenters. The maximum Gasteiger partial charge on any atom is 0.289 e. The third kappa shape index (κ3) is 4.30. The van der Waals surface area contributed by atoms with Gasteiger partial charge in [0.2, 0.25) is 10.0 Å². The van der Waals surface area contributed by atoms with Crippen LogP contribution in [0.5, 0.6) is 5.75 Å². The fraction of sp³-hybridized carbons (Fsp3) is 0.111. The summed E-state index contributed by atoms with van der Waals surface area (Å²) < 4.78 is 32.4. The predicted molar refractivity (Wildman–Crippen MR) is 101 cm³/mol. The van der Waals surface area contributed by atoms with E-state index in [1.807, 2.05) is 12.1 Å². The summed E-state index contributed by atoms with van der Waals surface area (Å²) in [6.07, 6.45) is 1.33. The number of methoxy groups -OCH3 is 1. The van der Waals surface area contributed by atoms with Gasteiger partial charge in [-0.25, -0.2) is 23.1 Å². The molecule has 0 aliphatic carbocycles. The van der Waals surface area contributed by atoms with Crippen molar-refractivity contribution < 1.29 is 18.1 Å². The van der Waals surface area contributed by atoms with E-state index in [-0.39, 0.29) is 6.54 Å². The molecule has 1 heterocycles. The number of para-hydroxylation sites is 1. The van der Waals surface area contributed by atoms with Crippen molar-refractivity contribution in [1.82, 2.24) is 14.7 Å². The smallest absolute Gasteiger partial charge is 0.289 e. The van der Waals surface area contributed by atoms with Gasteiger partial charge in [-0.3, -0.25) is 10.1 Å². The normalized spacial score (nSPS) is 11.2. The van der Waals surface area contributed by atoms with Gasteiger partial charge in [-0.15, -0.1) is 0 Å². The van der Waals surface area contributed by atoms with Crippen LogP contribution in [0.25, 0.3) is 11.3 Å². The molecule has 1 aromatic heterocycles. The van der Waals surface area contributed by atoms with E-state index in [4.69, 9.17) is 4.74 Å². The summed E-state index contributed by atoms with van der Waals surface area (Å²) in [6, 6.07) is 14.0. The highest BCUT2D eigenvalue weighted by Gasteiger charge is 2.24. The minimum atomic E-state index is -4.09. The second kappa shape index (κ2) is 8.11. The third-order valence-electron chi connectivity index (χ3n) is 3.90. The number of hydrogen-bond donors (Lipinski definition) is 1. The van der Waals surface area contributed by atoms with Crippen LogP contribution in [0.3, 0.4) is 0 Å². The number of nitro groups is 1. The van der Waals surface area contributed by atoms with Gasteiger partial charge in [-0.05, 0) is 36.4 Å². The Kier molecular flexibility index (Phi) is 5.62. The van der Waals surface area contributed by atoms with Crippen LogP contribution in [0.4, 0.5) is 5.69 Å². The molecule has 0 saturated carbocycles. The molecule has 0 radical (unpaired) electrons. The molecular formula is C18H16N4O5S. The molecule has 1 N–H and O–H groups in total. The lowest BCUT2D eigenvalue weighted by Crippen LogP contribution is -2.24. The maximum absolute atomic E-state index is 12.5. The first-order valence-electron chi connectivity index (χ1n) is 8.09. The average Bonchev–Trinajstić information content (AvgIpc) is 2.72. The number of nitrogens with zero attached hydrogens (tertiary/aromatic N) is 3. The molecule has 9 nitrogen and oxygen atoms in total. The highest BCUT2D eigenvalue weighted by atomic mass is 32.2. The van der Waals surface area contributed by atoms with E-state index in [1.54, 1.807) is 25.3 Å². The molecule has 3 aromatic rings. The van der Waals surface area contributed by atoms with Gasteiger partial charge in [-0.2, -0.15) is 0 Å². The average molecular weight is 400 g/mol. The molecule has 0 aliphatic rings. The second-order valence-electron chi connectivity index (χ2n) is 5.67. The van der Waals surface area contributed by atoms with Crippen LogP contribution in [0.2, 0.25) is 0 Å². The van der Waals surface area contributed by atoms with Crippen molar-refractivity contribution in [1.29, 1.82) is 0 Å². The number of rotatable bonds is 7. The van der Waals surface area contributed by atoms with Gasteiger partial charge in [0.1, 0.15) is 12.1 Å². The van der Waals surface area contributed by atoms with Crippen LogP contribution in [0.1, 0.15) is 5.69 Å². The van der Waals surface area contributed by atoms with E-state index in [0.717, 1.165) is 11.6 Å². The van der Waals surface area contributed by atoms with E-state index in [0.29, 0.717) is 17.1 Å². The minimum absolute atomic E-state index is 0.139. The lowest BCUT2D eigenvalue weighted by atomic mass is 10.1. The highest BCUT2D eigenvalue weighted by molar-refractivity contribution is 7.89. The zero-order chi connectivity index (χ0) is 20.1. The summed E-state index contributed by atoms with van der Waals surface area (Å²) in [7, 11) is -2.52. The molecule has 0 saturated heterocycles. The minimum Gasteiger partial charge on any atom is -0.497 e. The molecule has 3 rings (SSSR count). The second-order valence-corrected chi connectivity index (χ2v) is 7.41. The Bertz CT molecular complexity index is 1100. The van der Waals surface area contributed by atoms with Crippen LogP contribution in [0, 0.1) is 10.1 Å². The van der Waals surface area contributed by atoms with E-state index in [9.17, 15) is 18.5 Å². The first-order valence-corrected chi connectivity index (χ1v) is 9.57. The largest absolute Gasteiger partial charge is 0.497 e. The molecule has 10 heteroatoms. The van der Waals surface area contributed by atoms with Gasteiger partial charge in [0, 0.05) is 11.6 Å². The summed E-state index contributed by atoms with van der Waals surface area (Å²) in [6.45, 7) is -0.139. The summed E-state index contributed by atoms with van der Waals surface area (Å²) in [4.78, 5) is 18.2. The topological polar surface area (TPSA) is 124 Å². The van der Waals surface area contributed by atoms with Crippen molar-refractivity contribution in [2.75, 3.05) is 7.11 Å². The van der Waals surface area contributed by atoms with Crippen molar-refractivity contribution in [2.24, 2.45) is 0 Å². The molecule has 0 amide bonds. The molecule has 2 aromatic carbocycles. The number of nitro benzene ring substituents is 1. The van der Waals surface area contributed by atoms with Crippen LogP contribution in [0.15, 0.2) is 65.8 Å². The predicted octanol–water partition coefficient (Wildman–Crippen LogP) is 2.54. The molecule has 0 fully saturated rings. The van der Waals surface area contributed by atoms with Crippen molar-refractivity contribution in [3.05, 3.63) is 76.7 Å². The Labute approximate surface area is 161 Å². The molecule has 0 bridgehead atoms. The van der Waals surface area contributed by atoms with Gasteiger partial charge < -0.3 is 4.74 Å². The van der Waals surface area contributed by atoms with E-state index >= 15 is 0 Å². The standard InChI is InChI=1S/C18H16N4O5S/c1-27-15-8-6-13(7-9-15)16-10-14(19-12-20-16)11-21-28(25,26)18-5-3-2-4-17(18)22(23)24/h2-10,12,21H,11H2,1H3. The monoisotopic (exact) mass is 400 g/mol. The molecule has 0 unspecified atom stereocenters. The summed E-state index contributed by atoms with van der Waals surface area (Å²) in [5.41, 5.74) is 1.35. The van der Waals surface area contributed by atoms with Gasteiger partial charge in [0.25, 0.3) is 5.69 Å². The van der Waals surface area contributed by atoms with E-state index < -0.39 is 25.5 Å². The highest BCUT2D eigenvalue weighted by Crippen LogP contribution is 2.23. The quantitative estimate of drug-likeness (QED) is 0.477. The first-order chi connectivity index (χ1) is 13.4. The molecule has 28 heavy (non-hydrogen) atoms. The zero-order valence-electron chi connectivity index (χ0n) is 14.8. The lowest BCUT2D eigenvalue weighted by molar-refractivity contribution is -0.387. The third-order valence-corrected chi connectivity index (χ3v) is 5.35. The van der Waals surface area contributed by atoms with E-state index in [1.165, 1.54) is 24.5 Å². The first kappa shape index (κ1) is 19.4. The molecule has 0 spiro atoms.